The normalized spacial score (nSPS) is 11.7. The summed E-state index contributed by atoms with van der Waals surface area (Å²) in [4.78, 5) is 14.7. The molecule has 0 aromatic heterocycles. The number of aryl methyl sites for hydroxylation is 1. The van der Waals surface area contributed by atoms with Gasteiger partial charge in [-0.3, -0.25) is 5.41 Å². The minimum Gasteiger partial charge on any atom is -0.478 e. The summed E-state index contributed by atoms with van der Waals surface area (Å²) in [6, 6.07) is 11.1. The van der Waals surface area contributed by atoms with Crippen LogP contribution in [0.2, 0.25) is 0 Å². The van der Waals surface area contributed by atoms with Gasteiger partial charge in [0, 0.05) is 5.56 Å². The Morgan fingerprint density at radius 2 is 1.92 bits per heavy atom. The topological polar surface area (TPSA) is 99.5 Å². The Morgan fingerprint density at radius 3 is 2.50 bits per heavy atom. The van der Waals surface area contributed by atoms with Crippen LogP contribution in [0.5, 0.6) is 0 Å². The molecule has 0 saturated carbocycles. The highest BCUT2D eigenvalue weighted by Gasteiger charge is 2.09. The minimum atomic E-state index is -1.33. The first-order valence-electron chi connectivity index (χ1n) is 7.06. The second-order valence-electron chi connectivity index (χ2n) is 5.15. The SMILES string of the molecule is Cc1ccc(C(=N)/C=N\C(N)=C\c2ccc(C(=O)O)c(F)c2)cc1. The van der Waals surface area contributed by atoms with Crippen molar-refractivity contribution in [3.05, 3.63) is 76.4 Å². The molecule has 2 aromatic rings. The molecule has 0 bridgehead atoms. The maximum atomic E-state index is 13.6. The maximum Gasteiger partial charge on any atom is 0.338 e. The van der Waals surface area contributed by atoms with Crippen LogP contribution in [0.1, 0.15) is 27.0 Å². The summed E-state index contributed by atoms with van der Waals surface area (Å²) >= 11 is 0. The highest BCUT2D eigenvalue weighted by Crippen LogP contribution is 2.13. The van der Waals surface area contributed by atoms with E-state index in [1.165, 1.54) is 18.4 Å². The third-order valence-corrected chi connectivity index (χ3v) is 3.24. The van der Waals surface area contributed by atoms with E-state index in [1.54, 1.807) is 0 Å². The molecule has 0 aliphatic heterocycles. The molecule has 4 N–H and O–H groups in total. The molecule has 0 spiro atoms. The lowest BCUT2D eigenvalue weighted by atomic mass is 10.1. The second-order valence-corrected chi connectivity index (χ2v) is 5.15. The van der Waals surface area contributed by atoms with Crippen molar-refractivity contribution in [1.82, 2.24) is 0 Å². The van der Waals surface area contributed by atoms with Crippen molar-refractivity contribution in [2.45, 2.75) is 6.92 Å². The third kappa shape index (κ3) is 4.36. The minimum absolute atomic E-state index is 0.0781. The molecule has 0 atom stereocenters. The fraction of sp³-hybridized carbons (Fsp3) is 0.0556. The van der Waals surface area contributed by atoms with Crippen molar-refractivity contribution in [2.75, 3.05) is 0 Å². The van der Waals surface area contributed by atoms with Gasteiger partial charge < -0.3 is 10.8 Å². The van der Waals surface area contributed by atoms with E-state index in [2.05, 4.69) is 4.99 Å². The van der Waals surface area contributed by atoms with Crippen LogP contribution in [-0.4, -0.2) is 23.0 Å². The predicted octanol–water partition coefficient (Wildman–Crippen LogP) is 3.23. The molecular weight excluding hydrogens is 309 g/mol. The number of hydrogen-bond acceptors (Lipinski definition) is 4. The Bertz CT molecular complexity index is 840. The Kier molecular flexibility index (Phi) is 5.21. The zero-order chi connectivity index (χ0) is 17.7. The van der Waals surface area contributed by atoms with Gasteiger partial charge in [0.15, 0.2) is 0 Å². The lowest BCUT2D eigenvalue weighted by Crippen LogP contribution is -2.03. The molecule has 24 heavy (non-hydrogen) atoms. The van der Waals surface area contributed by atoms with Crippen LogP contribution in [0, 0.1) is 18.2 Å². The van der Waals surface area contributed by atoms with Gasteiger partial charge in [-0.2, -0.15) is 0 Å². The molecule has 5 nitrogen and oxygen atoms in total. The number of carboxylic acids is 1. The molecule has 0 aliphatic carbocycles. The van der Waals surface area contributed by atoms with Crippen LogP contribution < -0.4 is 5.73 Å². The van der Waals surface area contributed by atoms with Gasteiger partial charge in [-0.1, -0.05) is 35.9 Å². The lowest BCUT2D eigenvalue weighted by molar-refractivity contribution is 0.0692. The number of hydrogen-bond donors (Lipinski definition) is 3. The number of nitrogens with one attached hydrogen (secondary N) is 1. The highest BCUT2D eigenvalue weighted by atomic mass is 19.1. The van der Waals surface area contributed by atoms with Gasteiger partial charge in [0.2, 0.25) is 0 Å². The zero-order valence-corrected chi connectivity index (χ0v) is 13.0. The number of aliphatic imine (C=N–C) groups is 1. The summed E-state index contributed by atoms with van der Waals surface area (Å²) in [7, 11) is 0. The fourth-order valence-electron chi connectivity index (χ4n) is 1.95. The number of carboxylic acid groups (broad SMARTS) is 1. The number of benzene rings is 2. The van der Waals surface area contributed by atoms with Crippen LogP contribution in [0.3, 0.4) is 0 Å². The molecule has 2 rings (SSSR count). The summed E-state index contributed by atoms with van der Waals surface area (Å²) in [6.45, 7) is 1.96. The van der Waals surface area contributed by atoms with Gasteiger partial charge in [0.05, 0.1) is 17.5 Å². The van der Waals surface area contributed by atoms with E-state index < -0.39 is 17.3 Å². The van der Waals surface area contributed by atoms with Gasteiger partial charge in [-0.15, -0.1) is 0 Å². The van der Waals surface area contributed by atoms with Crippen molar-refractivity contribution in [1.29, 1.82) is 5.41 Å². The summed E-state index contributed by atoms with van der Waals surface area (Å²) in [5.74, 6) is -2.10. The van der Waals surface area contributed by atoms with Gasteiger partial charge in [0.25, 0.3) is 0 Å². The number of nitrogens with two attached hydrogens (primary N) is 1. The second kappa shape index (κ2) is 7.32. The fourth-order valence-corrected chi connectivity index (χ4v) is 1.95. The van der Waals surface area contributed by atoms with E-state index in [4.69, 9.17) is 16.2 Å². The van der Waals surface area contributed by atoms with Crippen LogP contribution in [0.15, 0.2) is 53.3 Å². The van der Waals surface area contributed by atoms with E-state index in [-0.39, 0.29) is 11.5 Å². The smallest absolute Gasteiger partial charge is 0.338 e. The maximum absolute atomic E-state index is 13.6. The van der Waals surface area contributed by atoms with Crippen molar-refractivity contribution < 1.29 is 14.3 Å². The number of aromatic carboxylic acids is 1. The quantitative estimate of drug-likeness (QED) is 0.736. The van der Waals surface area contributed by atoms with E-state index >= 15 is 0 Å². The molecule has 0 saturated heterocycles. The van der Waals surface area contributed by atoms with Gasteiger partial charge in [0.1, 0.15) is 11.6 Å². The van der Waals surface area contributed by atoms with Gasteiger partial charge in [-0.05, 0) is 30.7 Å². The average Bonchev–Trinajstić information content (AvgIpc) is 2.53. The summed E-state index contributed by atoms with van der Waals surface area (Å²) in [5, 5.41) is 16.7. The Hall–Kier alpha value is -3.28. The molecule has 0 heterocycles. The highest BCUT2D eigenvalue weighted by molar-refractivity contribution is 6.36. The number of rotatable bonds is 5. The van der Waals surface area contributed by atoms with Crippen molar-refractivity contribution >= 4 is 24.0 Å². The monoisotopic (exact) mass is 325 g/mol. The average molecular weight is 325 g/mol. The number of carbonyl (C=O) groups is 1. The van der Waals surface area contributed by atoms with E-state index in [0.29, 0.717) is 11.1 Å². The molecule has 0 unspecified atom stereocenters. The van der Waals surface area contributed by atoms with Crippen LogP contribution in [-0.2, 0) is 0 Å². The molecular formula is C18H16FN3O2. The number of nitrogens with zero attached hydrogens (tertiary/aromatic N) is 1. The zero-order valence-electron chi connectivity index (χ0n) is 13.0. The predicted molar refractivity (Wildman–Crippen MR) is 92.0 cm³/mol. The van der Waals surface area contributed by atoms with E-state index in [9.17, 15) is 9.18 Å². The summed E-state index contributed by atoms with van der Waals surface area (Å²) in [6.07, 6.45) is 2.70. The molecule has 0 radical (unpaired) electrons. The van der Waals surface area contributed by atoms with Crippen LogP contribution in [0.4, 0.5) is 4.39 Å². The molecule has 2 aromatic carbocycles. The third-order valence-electron chi connectivity index (χ3n) is 3.24. The van der Waals surface area contributed by atoms with Gasteiger partial charge in [-0.25, -0.2) is 14.2 Å². The van der Waals surface area contributed by atoms with Crippen molar-refractivity contribution in [3.8, 4) is 0 Å². The molecule has 6 heteroatoms. The Labute approximate surface area is 138 Å². The standard InChI is InChI=1S/C18H16FN3O2/c1-11-2-5-13(6-3-11)16(20)10-22-17(21)9-12-4-7-14(18(23)24)15(19)8-12/h2-10,20H,21H2,1H3,(H,23,24)/b17-9+,20-16?,22-10-. The molecule has 122 valence electrons. The first-order valence-corrected chi connectivity index (χ1v) is 7.06. The van der Waals surface area contributed by atoms with E-state index in [1.807, 2.05) is 31.2 Å². The Morgan fingerprint density at radius 1 is 1.25 bits per heavy atom. The molecule has 0 amide bonds. The number of halogens is 1. The van der Waals surface area contributed by atoms with Crippen LogP contribution >= 0.6 is 0 Å². The molecule has 0 fully saturated rings. The Balaban J connectivity index is 2.13. The first kappa shape index (κ1) is 17.1. The van der Waals surface area contributed by atoms with Crippen molar-refractivity contribution in [2.24, 2.45) is 10.7 Å². The van der Waals surface area contributed by atoms with Crippen molar-refractivity contribution in [3.63, 3.8) is 0 Å². The van der Waals surface area contributed by atoms with E-state index in [0.717, 1.165) is 17.7 Å². The first-order chi connectivity index (χ1) is 11.4. The molecule has 0 aliphatic rings. The summed E-state index contributed by atoms with van der Waals surface area (Å²) in [5.41, 5.74) is 7.70. The van der Waals surface area contributed by atoms with Gasteiger partial charge >= 0.3 is 5.97 Å². The lowest BCUT2D eigenvalue weighted by Gasteiger charge is -2.01. The van der Waals surface area contributed by atoms with Crippen LogP contribution in [0.25, 0.3) is 6.08 Å². The largest absolute Gasteiger partial charge is 0.478 e. The summed E-state index contributed by atoms with van der Waals surface area (Å²) < 4.78 is 13.6.